The van der Waals surface area contributed by atoms with Crippen LogP contribution in [-0.2, 0) is 4.79 Å². The average Bonchev–Trinajstić information content (AvgIpc) is 2.80. The lowest BCUT2D eigenvalue weighted by molar-refractivity contribution is -0.114. The maximum atomic E-state index is 11.6. The predicted octanol–water partition coefficient (Wildman–Crippen LogP) is 3.88. The quantitative estimate of drug-likeness (QED) is 0.687. The van der Waals surface area contributed by atoms with Gasteiger partial charge in [0.2, 0.25) is 0 Å². The van der Waals surface area contributed by atoms with Crippen molar-refractivity contribution in [2.75, 3.05) is 0 Å². The van der Waals surface area contributed by atoms with E-state index in [9.17, 15) is 4.79 Å². The van der Waals surface area contributed by atoms with Crippen LogP contribution in [-0.4, -0.2) is 5.78 Å². The zero-order valence-corrected chi connectivity index (χ0v) is 10.1. The van der Waals surface area contributed by atoms with Crippen LogP contribution in [0, 0.1) is 17.8 Å². The third kappa shape index (κ3) is 2.09. The molecule has 0 amide bonds. The lowest BCUT2D eigenvalue weighted by atomic mass is 9.83. The van der Waals surface area contributed by atoms with Gasteiger partial charge in [-0.25, -0.2) is 0 Å². The standard InChI is InChI=1S/C15H22O/c16-15-4-2-1-3-11(10-15)8-14-9-12-5-6-13(14)7-12/h10,12-14H,1-9H2. The third-order valence-corrected chi connectivity index (χ3v) is 4.95. The number of fused-ring (bicyclic) bond motifs is 2. The number of carbonyl (C=O) groups is 1. The first kappa shape index (κ1) is 10.6. The first-order valence-electron chi connectivity index (χ1n) is 7.03. The minimum absolute atomic E-state index is 0.385. The van der Waals surface area contributed by atoms with Crippen LogP contribution in [0.15, 0.2) is 11.6 Å². The highest BCUT2D eigenvalue weighted by atomic mass is 16.1. The van der Waals surface area contributed by atoms with Gasteiger partial charge in [-0.15, -0.1) is 0 Å². The molecule has 16 heavy (non-hydrogen) atoms. The zero-order valence-electron chi connectivity index (χ0n) is 10.1. The summed E-state index contributed by atoms with van der Waals surface area (Å²) in [6.45, 7) is 0. The smallest absolute Gasteiger partial charge is 0.155 e. The summed E-state index contributed by atoms with van der Waals surface area (Å²) in [5.74, 6) is 3.35. The van der Waals surface area contributed by atoms with Gasteiger partial charge in [0.25, 0.3) is 0 Å². The molecule has 0 aliphatic heterocycles. The van der Waals surface area contributed by atoms with Crippen LogP contribution in [0.25, 0.3) is 0 Å². The van der Waals surface area contributed by atoms with E-state index >= 15 is 0 Å². The Morgan fingerprint density at radius 2 is 2.00 bits per heavy atom. The topological polar surface area (TPSA) is 17.1 Å². The van der Waals surface area contributed by atoms with Crippen molar-refractivity contribution in [1.82, 2.24) is 0 Å². The molecule has 3 unspecified atom stereocenters. The molecule has 0 aromatic rings. The van der Waals surface area contributed by atoms with Crippen LogP contribution < -0.4 is 0 Å². The zero-order chi connectivity index (χ0) is 11.0. The molecular weight excluding hydrogens is 196 g/mol. The van der Waals surface area contributed by atoms with E-state index in [1.165, 1.54) is 50.5 Å². The van der Waals surface area contributed by atoms with Crippen LogP contribution in [0.4, 0.5) is 0 Å². The van der Waals surface area contributed by atoms with E-state index in [0.29, 0.717) is 5.78 Å². The largest absolute Gasteiger partial charge is 0.295 e. The van der Waals surface area contributed by atoms with Crippen molar-refractivity contribution in [3.63, 3.8) is 0 Å². The molecule has 0 radical (unpaired) electrons. The van der Waals surface area contributed by atoms with Crippen LogP contribution in [0.3, 0.4) is 0 Å². The molecule has 3 rings (SSSR count). The normalized spacial score (nSPS) is 38.6. The fourth-order valence-electron chi connectivity index (χ4n) is 4.15. The molecule has 0 heterocycles. The van der Waals surface area contributed by atoms with Gasteiger partial charge in [-0.1, -0.05) is 12.0 Å². The molecule has 0 aromatic heterocycles. The van der Waals surface area contributed by atoms with Gasteiger partial charge in [-0.2, -0.15) is 0 Å². The van der Waals surface area contributed by atoms with Gasteiger partial charge in [0.15, 0.2) is 5.78 Å². The molecule has 0 N–H and O–H groups in total. The number of rotatable bonds is 2. The molecule has 2 saturated carbocycles. The molecule has 88 valence electrons. The summed E-state index contributed by atoms with van der Waals surface area (Å²) in [7, 11) is 0. The van der Waals surface area contributed by atoms with E-state index in [4.69, 9.17) is 0 Å². The summed E-state index contributed by atoms with van der Waals surface area (Å²) in [6, 6.07) is 0. The van der Waals surface area contributed by atoms with Crippen molar-refractivity contribution in [2.24, 2.45) is 17.8 Å². The number of carbonyl (C=O) groups excluding carboxylic acids is 1. The maximum Gasteiger partial charge on any atom is 0.155 e. The van der Waals surface area contributed by atoms with Gasteiger partial charge in [0.05, 0.1) is 0 Å². The SMILES string of the molecule is O=C1C=C(CC2CC3CCC2C3)CCCC1. The summed E-state index contributed by atoms with van der Waals surface area (Å²) in [4.78, 5) is 11.6. The minimum Gasteiger partial charge on any atom is -0.295 e. The average molecular weight is 218 g/mol. The summed E-state index contributed by atoms with van der Waals surface area (Å²) >= 11 is 0. The third-order valence-electron chi connectivity index (χ3n) is 4.95. The number of ketones is 1. The lowest BCUT2D eigenvalue weighted by Crippen LogP contribution is -2.11. The van der Waals surface area contributed by atoms with Gasteiger partial charge in [0.1, 0.15) is 0 Å². The second-order valence-electron chi connectivity index (χ2n) is 6.12. The molecule has 1 nitrogen and oxygen atoms in total. The molecule has 3 aliphatic rings. The highest BCUT2D eigenvalue weighted by molar-refractivity contribution is 5.90. The van der Waals surface area contributed by atoms with E-state index in [-0.39, 0.29) is 0 Å². The Morgan fingerprint density at radius 1 is 1.12 bits per heavy atom. The first-order chi connectivity index (χ1) is 7.81. The minimum atomic E-state index is 0.385. The first-order valence-corrected chi connectivity index (χ1v) is 7.03. The molecule has 0 saturated heterocycles. The Kier molecular flexibility index (Phi) is 2.87. The fourth-order valence-corrected chi connectivity index (χ4v) is 4.15. The van der Waals surface area contributed by atoms with E-state index < -0.39 is 0 Å². The summed E-state index contributed by atoms with van der Waals surface area (Å²) < 4.78 is 0. The van der Waals surface area contributed by atoms with E-state index in [2.05, 4.69) is 0 Å². The molecule has 0 spiro atoms. The Bertz CT molecular complexity index is 315. The van der Waals surface area contributed by atoms with Gasteiger partial charge < -0.3 is 0 Å². The van der Waals surface area contributed by atoms with Crippen LogP contribution in [0.2, 0.25) is 0 Å². The van der Waals surface area contributed by atoms with Crippen molar-refractivity contribution in [3.05, 3.63) is 11.6 Å². The Hall–Kier alpha value is -0.590. The second kappa shape index (κ2) is 4.35. The van der Waals surface area contributed by atoms with Crippen molar-refractivity contribution < 1.29 is 4.79 Å². The molecule has 3 atom stereocenters. The van der Waals surface area contributed by atoms with E-state index in [1.807, 2.05) is 6.08 Å². The van der Waals surface area contributed by atoms with E-state index in [0.717, 1.165) is 30.6 Å². The number of hydrogen-bond acceptors (Lipinski definition) is 1. The Labute approximate surface area is 98.3 Å². The van der Waals surface area contributed by atoms with Crippen LogP contribution in [0.5, 0.6) is 0 Å². The molecule has 3 aliphatic carbocycles. The number of allylic oxidation sites excluding steroid dienone is 2. The monoisotopic (exact) mass is 218 g/mol. The molecule has 1 heteroatoms. The van der Waals surface area contributed by atoms with Crippen molar-refractivity contribution in [2.45, 2.75) is 57.8 Å². The van der Waals surface area contributed by atoms with Gasteiger partial charge >= 0.3 is 0 Å². The molecule has 2 bridgehead atoms. The van der Waals surface area contributed by atoms with Gasteiger partial charge in [0, 0.05) is 6.42 Å². The predicted molar refractivity (Wildman–Crippen MR) is 65.1 cm³/mol. The van der Waals surface area contributed by atoms with Crippen LogP contribution in [0.1, 0.15) is 57.8 Å². The second-order valence-corrected chi connectivity index (χ2v) is 6.12. The molecule has 2 fully saturated rings. The maximum absolute atomic E-state index is 11.6. The lowest BCUT2D eigenvalue weighted by Gasteiger charge is -2.22. The van der Waals surface area contributed by atoms with Crippen molar-refractivity contribution >= 4 is 5.78 Å². The van der Waals surface area contributed by atoms with Gasteiger partial charge in [-0.05, 0) is 68.8 Å². The molecule has 0 aromatic carbocycles. The van der Waals surface area contributed by atoms with Crippen LogP contribution >= 0.6 is 0 Å². The summed E-state index contributed by atoms with van der Waals surface area (Å²) in [6.07, 6.45) is 13.5. The van der Waals surface area contributed by atoms with Crippen molar-refractivity contribution in [3.8, 4) is 0 Å². The van der Waals surface area contributed by atoms with Gasteiger partial charge in [-0.3, -0.25) is 4.79 Å². The number of hydrogen-bond donors (Lipinski definition) is 0. The summed E-state index contributed by atoms with van der Waals surface area (Å²) in [5.41, 5.74) is 1.47. The fraction of sp³-hybridized carbons (Fsp3) is 0.800. The molecular formula is C15H22O. The highest BCUT2D eigenvalue weighted by Gasteiger charge is 2.39. The van der Waals surface area contributed by atoms with E-state index in [1.54, 1.807) is 0 Å². The Morgan fingerprint density at radius 3 is 2.75 bits per heavy atom. The summed E-state index contributed by atoms with van der Waals surface area (Å²) in [5, 5.41) is 0. The Balaban J connectivity index is 1.63. The van der Waals surface area contributed by atoms with Crippen molar-refractivity contribution in [1.29, 1.82) is 0 Å². The highest BCUT2D eigenvalue weighted by Crippen LogP contribution is 2.50.